The van der Waals surface area contributed by atoms with Crippen molar-refractivity contribution in [2.75, 3.05) is 20.3 Å². The Morgan fingerprint density at radius 1 is 1.19 bits per heavy atom. The Balaban J connectivity index is 1.72. The van der Waals surface area contributed by atoms with Crippen LogP contribution in [0.4, 0.5) is 0 Å². The van der Waals surface area contributed by atoms with Gasteiger partial charge in [-0.1, -0.05) is 26.3 Å². The molecule has 8 heteroatoms. The Hall–Kier alpha value is -2.06. The molecule has 0 aromatic heterocycles. The summed E-state index contributed by atoms with van der Waals surface area (Å²) in [4.78, 5) is 50.3. The van der Waals surface area contributed by atoms with E-state index in [1.54, 1.807) is 0 Å². The van der Waals surface area contributed by atoms with Crippen molar-refractivity contribution in [1.29, 1.82) is 0 Å². The molecule has 0 amide bonds. The third-order valence-corrected chi connectivity index (χ3v) is 9.99. The van der Waals surface area contributed by atoms with E-state index in [2.05, 4.69) is 13.8 Å². The predicted molar refractivity (Wildman–Crippen MR) is 130 cm³/mol. The predicted octanol–water partition coefficient (Wildman–Crippen LogP) is 3.19. The molecule has 0 bridgehead atoms. The molecule has 2 unspecified atom stereocenters. The molecule has 3 fully saturated rings. The standard InChI is InChI=1S/C28H40O8/c1-16-12-19-20-7-10-28(23(32)15-35-17(2)29,36-24(33)8-11-34-5)27(20,4)14-22(31)25(19)26(3)9-6-18(30)13-21(16)26/h13,16,19-20,22,25,31H,6-12,14-15H2,1-5H3/t16?,19-,20-,22?,25+,26-,27-,28-/m0/s1. The fourth-order valence-electron chi connectivity index (χ4n) is 8.50. The molecule has 0 spiro atoms. The van der Waals surface area contributed by atoms with Crippen molar-refractivity contribution in [2.24, 2.45) is 34.5 Å². The molecule has 36 heavy (non-hydrogen) atoms. The van der Waals surface area contributed by atoms with Crippen LogP contribution in [-0.4, -0.2) is 60.6 Å². The van der Waals surface area contributed by atoms with Crippen molar-refractivity contribution in [1.82, 2.24) is 0 Å². The summed E-state index contributed by atoms with van der Waals surface area (Å²) in [5.41, 5.74) is -1.43. The van der Waals surface area contributed by atoms with Gasteiger partial charge in [-0.2, -0.15) is 0 Å². The van der Waals surface area contributed by atoms with Gasteiger partial charge in [-0.05, 0) is 67.3 Å². The molecule has 1 N–H and O–H groups in total. The first-order valence-electron chi connectivity index (χ1n) is 13.2. The lowest BCUT2D eigenvalue weighted by molar-refractivity contribution is -0.204. The van der Waals surface area contributed by atoms with Gasteiger partial charge >= 0.3 is 11.9 Å². The van der Waals surface area contributed by atoms with Crippen LogP contribution >= 0.6 is 0 Å². The van der Waals surface area contributed by atoms with Crippen molar-refractivity contribution in [2.45, 2.75) is 84.3 Å². The highest BCUT2D eigenvalue weighted by Crippen LogP contribution is 2.69. The minimum Gasteiger partial charge on any atom is -0.458 e. The average Bonchev–Trinajstić information content (AvgIpc) is 3.09. The number of hydrogen-bond acceptors (Lipinski definition) is 8. The number of ether oxygens (including phenoxy) is 3. The molecule has 8 nitrogen and oxygen atoms in total. The van der Waals surface area contributed by atoms with Crippen LogP contribution in [0.5, 0.6) is 0 Å². The average molecular weight is 505 g/mol. The maximum atomic E-state index is 13.7. The topological polar surface area (TPSA) is 116 Å². The summed E-state index contributed by atoms with van der Waals surface area (Å²) in [6.07, 6.45) is 4.40. The van der Waals surface area contributed by atoms with Gasteiger partial charge < -0.3 is 19.3 Å². The van der Waals surface area contributed by atoms with Crippen LogP contribution in [0.15, 0.2) is 11.6 Å². The first kappa shape index (κ1) is 27.0. The van der Waals surface area contributed by atoms with Crippen LogP contribution in [0.25, 0.3) is 0 Å². The van der Waals surface area contributed by atoms with Crippen LogP contribution in [0.2, 0.25) is 0 Å². The van der Waals surface area contributed by atoms with E-state index in [0.29, 0.717) is 32.1 Å². The Bertz CT molecular complexity index is 971. The number of carbonyl (C=O) groups is 4. The van der Waals surface area contributed by atoms with E-state index in [1.807, 2.05) is 13.0 Å². The number of allylic oxidation sites excluding steroid dienone is 1. The first-order chi connectivity index (χ1) is 16.9. The molecule has 4 aliphatic rings. The van der Waals surface area contributed by atoms with Crippen LogP contribution in [0.1, 0.15) is 72.6 Å². The number of hydrogen-bond donors (Lipinski definition) is 1. The third-order valence-electron chi connectivity index (χ3n) is 9.99. The highest BCUT2D eigenvalue weighted by Gasteiger charge is 2.71. The molecule has 4 aliphatic carbocycles. The Kier molecular flexibility index (Phi) is 7.25. The summed E-state index contributed by atoms with van der Waals surface area (Å²) in [6, 6.07) is 0. The molecule has 4 rings (SSSR count). The molecule has 0 heterocycles. The zero-order valence-corrected chi connectivity index (χ0v) is 22.1. The number of rotatable bonds is 7. The van der Waals surface area contributed by atoms with Crippen molar-refractivity contribution in [3.05, 3.63) is 11.6 Å². The van der Waals surface area contributed by atoms with E-state index in [4.69, 9.17) is 14.2 Å². The Morgan fingerprint density at radius 2 is 1.92 bits per heavy atom. The zero-order chi connectivity index (χ0) is 26.5. The highest BCUT2D eigenvalue weighted by atomic mass is 16.6. The molecule has 3 saturated carbocycles. The second kappa shape index (κ2) is 9.67. The zero-order valence-electron chi connectivity index (χ0n) is 22.1. The summed E-state index contributed by atoms with van der Waals surface area (Å²) in [7, 11) is 1.49. The van der Waals surface area contributed by atoms with Gasteiger partial charge in [0.05, 0.1) is 19.1 Å². The van der Waals surface area contributed by atoms with Gasteiger partial charge in [-0.25, -0.2) is 0 Å². The van der Waals surface area contributed by atoms with Gasteiger partial charge in [0.15, 0.2) is 18.0 Å². The number of aliphatic hydroxyl groups is 1. The van der Waals surface area contributed by atoms with Crippen LogP contribution in [0.3, 0.4) is 0 Å². The molecular weight excluding hydrogens is 464 g/mol. The fourth-order valence-corrected chi connectivity index (χ4v) is 8.50. The van der Waals surface area contributed by atoms with E-state index in [-0.39, 0.29) is 47.9 Å². The van der Waals surface area contributed by atoms with Gasteiger partial charge in [0.2, 0.25) is 5.78 Å². The molecule has 0 saturated heterocycles. The van der Waals surface area contributed by atoms with Crippen LogP contribution < -0.4 is 0 Å². The minimum absolute atomic E-state index is 0.00569. The maximum Gasteiger partial charge on any atom is 0.309 e. The minimum atomic E-state index is -1.48. The molecular formula is C28H40O8. The lowest BCUT2D eigenvalue weighted by Gasteiger charge is -2.62. The van der Waals surface area contributed by atoms with E-state index in [1.165, 1.54) is 14.0 Å². The van der Waals surface area contributed by atoms with Crippen LogP contribution in [0, 0.1) is 34.5 Å². The molecule has 0 aliphatic heterocycles. The summed E-state index contributed by atoms with van der Waals surface area (Å²) in [5.74, 6) is -1.08. The van der Waals surface area contributed by atoms with Crippen LogP contribution in [-0.2, 0) is 33.4 Å². The summed E-state index contributed by atoms with van der Waals surface area (Å²) < 4.78 is 16.1. The number of Topliss-reactive ketones (excluding diaryl/α,β-unsaturated/α-hetero) is 1. The van der Waals surface area contributed by atoms with Gasteiger partial charge in [0, 0.05) is 25.9 Å². The van der Waals surface area contributed by atoms with Crippen molar-refractivity contribution < 1.29 is 38.5 Å². The monoisotopic (exact) mass is 504 g/mol. The van der Waals surface area contributed by atoms with E-state index < -0.39 is 41.4 Å². The summed E-state index contributed by atoms with van der Waals surface area (Å²) in [6.45, 7) is 7.23. The fraction of sp³-hybridized carbons (Fsp3) is 0.786. The number of esters is 2. The van der Waals surface area contributed by atoms with Crippen molar-refractivity contribution in [3.8, 4) is 0 Å². The highest BCUT2D eigenvalue weighted by molar-refractivity contribution is 5.93. The quantitative estimate of drug-likeness (QED) is 0.526. The molecule has 0 aromatic carbocycles. The largest absolute Gasteiger partial charge is 0.458 e. The number of ketones is 2. The molecule has 8 atom stereocenters. The lowest BCUT2D eigenvalue weighted by Crippen LogP contribution is -2.64. The SMILES string of the molecule is COCCC(=O)O[C@]1(C(=O)COC(C)=O)CC[C@H]2[C@@H]3CC(C)C4=CC(=O)CC[C@]4(C)[C@H]3C(O)C[C@@]21C. The Labute approximate surface area is 213 Å². The van der Waals surface area contributed by atoms with E-state index in [0.717, 1.165) is 12.0 Å². The van der Waals surface area contributed by atoms with Crippen molar-refractivity contribution >= 4 is 23.5 Å². The van der Waals surface area contributed by atoms with Crippen molar-refractivity contribution in [3.63, 3.8) is 0 Å². The Morgan fingerprint density at radius 3 is 2.58 bits per heavy atom. The summed E-state index contributed by atoms with van der Waals surface area (Å²) >= 11 is 0. The maximum absolute atomic E-state index is 13.7. The van der Waals surface area contributed by atoms with Gasteiger partial charge in [-0.15, -0.1) is 0 Å². The number of aliphatic hydroxyl groups excluding tert-OH is 1. The van der Waals surface area contributed by atoms with E-state index >= 15 is 0 Å². The number of methoxy groups -OCH3 is 1. The van der Waals surface area contributed by atoms with E-state index in [9.17, 15) is 24.3 Å². The van der Waals surface area contributed by atoms with Gasteiger partial charge in [0.25, 0.3) is 0 Å². The van der Waals surface area contributed by atoms with Gasteiger partial charge in [-0.3, -0.25) is 19.2 Å². The normalized spacial score (nSPS) is 41.4. The van der Waals surface area contributed by atoms with Gasteiger partial charge in [0.1, 0.15) is 0 Å². The number of carbonyl (C=O) groups excluding carboxylic acids is 4. The number of fused-ring (bicyclic) bond motifs is 5. The second-order valence-electron chi connectivity index (χ2n) is 11.9. The second-order valence-corrected chi connectivity index (χ2v) is 11.9. The third kappa shape index (κ3) is 4.14. The smallest absolute Gasteiger partial charge is 0.309 e. The molecule has 0 radical (unpaired) electrons. The lowest BCUT2D eigenvalue weighted by atomic mass is 9.44. The first-order valence-corrected chi connectivity index (χ1v) is 13.2. The molecule has 0 aromatic rings. The molecule has 200 valence electrons. The summed E-state index contributed by atoms with van der Waals surface area (Å²) in [5, 5.41) is 11.7.